The van der Waals surface area contributed by atoms with Crippen LogP contribution >= 0.6 is 0 Å². The fraction of sp³-hybridized carbons (Fsp3) is 1.00. The van der Waals surface area contributed by atoms with Gasteiger partial charge in [0.05, 0.1) is 18.3 Å². The van der Waals surface area contributed by atoms with Gasteiger partial charge in [-0.1, -0.05) is 19.3 Å². The Hall–Kier alpha value is -0.120. The highest BCUT2D eigenvalue weighted by molar-refractivity contribution is 5.03. The number of hydrogen-bond acceptors (Lipinski definition) is 3. The highest BCUT2D eigenvalue weighted by Crippen LogP contribution is 2.57. The van der Waals surface area contributed by atoms with Gasteiger partial charge in [-0.05, 0) is 76.2 Å². The van der Waals surface area contributed by atoms with Crippen molar-refractivity contribution >= 4 is 0 Å². The Kier molecular flexibility index (Phi) is 4.73. The smallest absolute Gasteiger partial charge is 0.0900 e. The molecule has 4 bridgehead atoms. The van der Waals surface area contributed by atoms with Gasteiger partial charge < -0.3 is 14.7 Å². The molecule has 0 aromatic carbocycles. The lowest BCUT2D eigenvalue weighted by Gasteiger charge is -2.56. The van der Waals surface area contributed by atoms with Crippen LogP contribution in [0.25, 0.3) is 0 Å². The largest absolute Gasteiger partial charge is 0.389 e. The molecule has 0 amide bonds. The molecule has 0 saturated heterocycles. The molecule has 1 atom stereocenters. The molecule has 5 saturated carbocycles. The maximum absolute atomic E-state index is 10.5. The number of nitrogens with zero attached hydrogens (tertiary/aromatic N) is 1. The first kappa shape index (κ1) is 16.4. The van der Waals surface area contributed by atoms with Crippen molar-refractivity contribution in [1.29, 1.82) is 0 Å². The summed E-state index contributed by atoms with van der Waals surface area (Å²) in [5, 5.41) is 10.5. The van der Waals surface area contributed by atoms with E-state index in [-0.39, 0.29) is 11.7 Å². The predicted molar refractivity (Wildman–Crippen MR) is 92.4 cm³/mol. The van der Waals surface area contributed by atoms with Gasteiger partial charge in [0, 0.05) is 12.6 Å². The summed E-state index contributed by atoms with van der Waals surface area (Å²) in [5.74, 6) is 2.76. The number of ether oxygens (including phenoxy) is 1. The second kappa shape index (κ2) is 6.65. The first-order chi connectivity index (χ1) is 11.1. The van der Waals surface area contributed by atoms with Crippen molar-refractivity contribution in [2.24, 2.45) is 17.8 Å². The Balaban J connectivity index is 1.25. The molecule has 0 radical (unpaired) electrons. The normalized spacial score (nSPS) is 41.6. The highest BCUT2D eigenvalue weighted by atomic mass is 16.5. The Morgan fingerprint density at radius 2 is 1.57 bits per heavy atom. The molecule has 3 heteroatoms. The van der Waals surface area contributed by atoms with E-state index in [1.54, 1.807) is 0 Å². The van der Waals surface area contributed by atoms with Crippen LogP contribution in [0.1, 0.15) is 70.6 Å². The average molecular weight is 322 g/mol. The third-order valence-corrected chi connectivity index (χ3v) is 7.26. The SMILES string of the molecule is CN(CC(O)COC12CC3CC(CC(C3)C1)C2)C1CCCCC1. The number of aliphatic hydroxyl groups is 1. The Morgan fingerprint density at radius 1 is 1.00 bits per heavy atom. The fourth-order valence-electron chi connectivity index (χ4n) is 6.54. The van der Waals surface area contributed by atoms with E-state index in [0.29, 0.717) is 12.6 Å². The first-order valence-corrected chi connectivity index (χ1v) is 10.1. The third-order valence-electron chi connectivity index (χ3n) is 7.26. The fourth-order valence-corrected chi connectivity index (χ4v) is 6.54. The second-order valence-electron chi connectivity index (χ2n) is 9.30. The van der Waals surface area contributed by atoms with Crippen molar-refractivity contribution in [3.05, 3.63) is 0 Å². The van der Waals surface area contributed by atoms with Gasteiger partial charge >= 0.3 is 0 Å². The van der Waals surface area contributed by atoms with Crippen molar-refractivity contribution < 1.29 is 9.84 Å². The van der Waals surface area contributed by atoms with Crippen molar-refractivity contribution in [3.63, 3.8) is 0 Å². The molecular formula is C20H35NO2. The zero-order chi connectivity index (χ0) is 15.9. The minimum absolute atomic E-state index is 0.138. The van der Waals surface area contributed by atoms with Crippen LogP contribution in [0, 0.1) is 17.8 Å². The zero-order valence-electron chi connectivity index (χ0n) is 14.9. The van der Waals surface area contributed by atoms with Crippen molar-refractivity contribution in [3.8, 4) is 0 Å². The van der Waals surface area contributed by atoms with Crippen LogP contribution in [-0.2, 0) is 4.74 Å². The molecular weight excluding hydrogens is 286 g/mol. The first-order valence-electron chi connectivity index (χ1n) is 10.1. The summed E-state index contributed by atoms with van der Waals surface area (Å²) in [5.41, 5.74) is 0.138. The van der Waals surface area contributed by atoms with E-state index in [9.17, 15) is 5.11 Å². The summed E-state index contributed by atoms with van der Waals surface area (Å²) in [4.78, 5) is 2.38. The minimum atomic E-state index is -0.324. The minimum Gasteiger partial charge on any atom is -0.389 e. The van der Waals surface area contributed by atoms with E-state index in [2.05, 4.69) is 11.9 Å². The van der Waals surface area contributed by atoms with Crippen LogP contribution in [0.5, 0.6) is 0 Å². The molecule has 3 nitrogen and oxygen atoms in total. The maximum Gasteiger partial charge on any atom is 0.0900 e. The lowest BCUT2D eigenvalue weighted by atomic mass is 9.54. The lowest BCUT2D eigenvalue weighted by molar-refractivity contribution is -0.176. The second-order valence-corrected chi connectivity index (χ2v) is 9.30. The van der Waals surface area contributed by atoms with Gasteiger partial charge in [0.1, 0.15) is 0 Å². The van der Waals surface area contributed by atoms with Gasteiger partial charge in [-0.2, -0.15) is 0 Å². The molecule has 5 fully saturated rings. The number of likely N-dealkylation sites (N-methyl/N-ethyl adjacent to an activating group) is 1. The quantitative estimate of drug-likeness (QED) is 0.811. The van der Waals surface area contributed by atoms with Crippen molar-refractivity contribution in [2.45, 2.75) is 88.4 Å². The van der Waals surface area contributed by atoms with Crippen molar-refractivity contribution in [2.75, 3.05) is 20.2 Å². The molecule has 5 aliphatic rings. The predicted octanol–water partition coefficient (Wildman–Crippen LogP) is 3.60. The summed E-state index contributed by atoms with van der Waals surface area (Å²) < 4.78 is 6.42. The number of aliphatic hydroxyl groups excluding tert-OH is 1. The summed E-state index contributed by atoms with van der Waals surface area (Å²) in [6, 6.07) is 0.679. The standard InChI is InChI=1S/C20H35NO2/c1-21(18-5-3-2-4-6-18)13-19(22)14-23-20-10-15-7-16(11-20)9-17(8-15)12-20/h15-19,22H,2-14H2,1H3. The molecule has 23 heavy (non-hydrogen) atoms. The average Bonchev–Trinajstić information content (AvgIpc) is 2.53. The van der Waals surface area contributed by atoms with Gasteiger partial charge in [-0.15, -0.1) is 0 Å². The van der Waals surface area contributed by atoms with Crippen LogP contribution in [0.2, 0.25) is 0 Å². The highest BCUT2D eigenvalue weighted by Gasteiger charge is 2.51. The molecule has 1 N–H and O–H groups in total. The van der Waals surface area contributed by atoms with E-state index in [0.717, 1.165) is 24.3 Å². The topological polar surface area (TPSA) is 32.7 Å². The Morgan fingerprint density at radius 3 is 2.13 bits per heavy atom. The third kappa shape index (κ3) is 3.62. The van der Waals surface area contributed by atoms with Gasteiger partial charge in [-0.25, -0.2) is 0 Å². The Labute approximate surface area is 141 Å². The van der Waals surface area contributed by atoms with Gasteiger partial charge in [0.15, 0.2) is 0 Å². The monoisotopic (exact) mass is 321 g/mol. The van der Waals surface area contributed by atoms with Gasteiger partial charge in [0.25, 0.3) is 0 Å². The molecule has 0 aromatic heterocycles. The number of rotatable bonds is 6. The summed E-state index contributed by atoms with van der Waals surface area (Å²) in [7, 11) is 2.18. The van der Waals surface area contributed by atoms with E-state index < -0.39 is 0 Å². The van der Waals surface area contributed by atoms with Gasteiger partial charge in [-0.3, -0.25) is 0 Å². The van der Waals surface area contributed by atoms with Crippen molar-refractivity contribution in [1.82, 2.24) is 4.90 Å². The van der Waals surface area contributed by atoms with Gasteiger partial charge in [0.2, 0.25) is 0 Å². The van der Waals surface area contributed by atoms with E-state index in [1.807, 2.05) is 0 Å². The zero-order valence-corrected chi connectivity index (χ0v) is 14.9. The molecule has 0 spiro atoms. The maximum atomic E-state index is 10.5. The Bertz CT molecular complexity index is 369. The van der Waals surface area contributed by atoms with Crippen LogP contribution in [0.3, 0.4) is 0 Å². The molecule has 0 aromatic rings. The number of hydrogen-bond donors (Lipinski definition) is 1. The molecule has 0 heterocycles. The van der Waals surface area contributed by atoms with Crippen LogP contribution in [-0.4, -0.2) is 48.0 Å². The molecule has 5 aliphatic carbocycles. The van der Waals surface area contributed by atoms with E-state index >= 15 is 0 Å². The van der Waals surface area contributed by atoms with Crippen LogP contribution in [0.15, 0.2) is 0 Å². The molecule has 5 rings (SSSR count). The van der Waals surface area contributed by atoms with E-state index in [1.165, 1.54) is 70.6 Å². The molecule has 0 aliphatic heterocycles. The molecule has 132 valence electrons. The van der Waals surface area contributed by atoms with E-state index in [4.69, 9.17) is 4.74 Å². The summed E-state index contributed by atoms with van der Waals surface area (Å²) in [6.45, 7) is 1.32. The summed E-state index contributed by atoms with van der Waals surface area (Å²) >= 11 is 0. The van der Waals surface area contributed by atoms with Crippen LogP contribution in [0.4, 0.5) is 0 Å². The molecule has 1 unspecified atom stereocenters. The summed E-state index contributed by atoms with van der Waals surface area (Å²) in [6.07, 6.45) is 14.6. The van der Waals surface area contributed by atoms with Crippen LogP contribution < -0.4 is 0 Å². The lowest BCUT2D eigenvalue weighted by Crippen LogP contribution is -2.53.